The second kappa shape index (κ2) is 13.8. The Bertz CT molecular complexity index is 1260. The van der Waals surface area contributed by atoms with Gasteiger partial charge in [0.1, 0.15) is 5.65 Å². The normalized spacial score (nSPS) is 16.9. The first-order valence-corrected chi connectivity index (χ1v) is 14.0. The van der Waals surface area contributed by atoms with Gasteiger partial charge in [-0.15, -0.1) is 24.8 Å². The summed E-state index contributed by atoms with van der Waals surface area (Å²) in [6.45, 7) is 5.75. The van der Waals surface area contributed by atoms with Crippen LogP contribution in [0.5, 0.6) is 0 Å². The quantitative estimate of drug-likeness (QED) is 0.334. The number of rotatable bonds is 7. The van der Waals surface area contributed by atoms with Gasteiger partial charge in [-0.1, -0.05) is 58.4 Å². The first-order valence-electron chi connectivity index (χ1n) is 14.0. The molecule has 0 saturated heterocycles. The molecule has 2 aromatic heterocycles. The van der Waals surface area contributed by atoms with Gasteiger partial charge in [0.2, 0.25) is 0 Å². The minimum absolute atomic E-state index is 0. The van der Waals surface area contributed by atoms with Crippen molar-refractivity contribution in [3.8, 4) is 0 Å². The summed E-state index contributed by atoms with van der Waals surface area (Å²) in [5.74, 6) is 0.195. The summed E-state index contributed by atoms with van der Waals surface area (Å²) in [5.41, 5.74) is 2.71. The van der Waals surface area contributed by atoms with Crippen molar-refractivity contribution in [1.82, 2.24) is 19.6 Å². The van der Waals surface area contributed by atoms with Crippen molar-refractivity contribution in [2.75, 3.05) is 13.1 Å². The third kappa shape index (κ3) is 6.70. The number of carbonyl (C=O) groups excluding carboxylic acids is 1. The molecule has 1 N–H and O–H groups in total. The molecule has 2 heterocycles. The molecule has 2 aliphatic rings. The van der Waals surface area contributed by atoms with E-state index >= 15 is 0 Å². The first-order chi connectivity index (χ1) is 17.5. The van der Waals surface area contributed by atoms with Crippen LogP contribution in [0.1, 0.15) is 99.9 Å². The molecule has 5 rings (SSSR count). The van der Waals surface area contributed by atoms with E-state index in [4.69, 9.17) is 0 Å². The van der Waals surface area contributed by atoms with Gasteiger partial charge < -0.3 is 5.32 Å². The molecule has 38 heavy (non-hydrogen) atoms. The molecule has 8 heteroatoms. The van der Waals surface area contributed by atoms with Crippen molar-refractivity contribution in [1.29, 1.82) is 0 Å². The Balaban J connectivity index is 0.00000200. The minimum Gasteiger partial charge on any atom is -0.351 e. The molecule has 2 aliphatic carbocycles. The molecule has 1 aromatic carbocycles. The fourth-order valence-electron chi connectivity index (χ4n) is 6.20. The number of hydrogen-bond acceptors (Lipinski definition) is 4. The van der Waals surface area contributed by atoms with Crippen molar-refractivity contribution in [3.05, 3.63) is 58.0 Å². The lowest BCUT2D eigenvalue weighted by atomic mass is 9.88. The zero-order valence-corrected chi connectivity index (χ0v) is 24.3. The third-order valence-corrected chi connectivity index (χ3v) is 8.30. The summed E-state index contributed by atoms with van der Waals surface area (Å²) in [6, 6.07) is 10.7. The number of nitrogens with zero attached hydrogens (tertiary/aromatic N) is 3. The maximum absolute atomic E-state index is 13.3. The summed E-state index contributed by atoms with van der Waals surface area (Å²) in [5, 5.41) is 3.73. The summed E-state index contributed by atoms with van der Waals surface area (Å²) < 4.78 is 1.51. The van der Waals surface area contributed by atoms with Gasteiger partial charge in [0.25, 0.3) is 11.5 Å². The predicted molar refractivity (Wildman–Crippen MR) is 160 cm³/mol. The van der Waals surface area contributed by atoms with Gasteiger partial charge in [-0.05, 0) is 61.4 Å². The van der Waals surface area contributed by atoms with E-state index < -0.39 is 0 Å². The number of benzene rings is 1. The van der Waals surface area contributed by atoms with Gasteiger partial charge in [-0.25, -0.2) is 4.98 Å². The Labute approximate surface area is 238 Å². The maximum atomic E-state index is 13.3. The van der Waals surface area contributed by atoms with Crippen molar-refractivity contribution >= 4 is 47.3 Å². The lowest BCUT2D eigenvalue weighted by Gasteiger charge is -2.41. The zero-order valence-electron chi connectivity index (χ0n) is 22.7. The summed E-state index contributed by atoms with van der Waals surface area (Å²) in [6.07, 6.45) is 14.8. The van der Waals surface area contributed by atoms with E-state index in [0.29, 0.717) is 46.7 Å². The molecule has 0 spiro atoms. The highest BCUT2D eigenvalue weighted by atomic mass is 35.5. The summed E-state index contributed by atoms with van der Waals surface area (Å²) in [4.78, 5) is 33.7. The average molecular weight is 562 g/mol. The van der Waals surface area contributed by atoms with E-state index in [9.17, 15) is 9.59 Å². The largest absolute Gasteiger partial charge is 0.351 e. The average Bonchev–Trinajstić information content (AvgIpc) is 2.91. The van der Waals surface area contributed by atoms with E-state index in [1.807, 2.05) is 18.2 Å². The molecule has 2 saturated carbocycles. The van der Waals surface area contributed by atoms with Gasteiger partial charge in [-0.2, -0.15) is 0 Å². The lowest BCUT2D eigenvalue weighted by Crippen LogP contribution is -2.48. The van der Waals surface area contributed by atoms with Crippen LogP contribution in [0.2, 0.25) is 0 Å². The van der Waals surface area contributed by atoms with Crippen molar-refractivity contribution in [2.45, 2.75) is 96.1 Å². The fourth-order valence-corrected chi connectivity index (χ4v) is 6.20. The fraction of sp³-hybridized carbons (Fsp3) is 0.567. The van der Waals surface area contributed by atoms with Gasteiger partial charge in [0.05, 0.1) is 16.5 Å². The van der Waals surface area contributed by atoms with Crippen molar-refractivity contribution in [3.63, 3.8) is 0 Å². The topological polar surface area (TPSA) is 66.7 Å². The van der Waals surface area contributed by atoms with Gasteiger partial charge in [0.15, 0.2) is 0 Å². The summed E-state index contributed by atoms with van der Waals surface area (Å²) >= 11 is 0. The molecular weight excluding hydrogens is 519 g/mol. The standard InChI is InChI=1S/C30H40N4O2.2ClH/c1-21(2)22-13-15-27-26(19-22)30(36)34-20-23(14-16-28(34)32-27)29(35)31-17-18-33(24-9-5-3-6-10-24)25-11-7-4-8-12-25;;/h13-16,19-21,24-25H,3-12,17-18H2,1-2H3,(H,31,35);2*1H. The zero-order chi connectivity index (χ0) is 25.1. The number of carbonyl (C=O) groups is 1. The first kappa shape index (κ1) is 30.4. The molecule has 0 unspecified atom stereocenters. The Morgan fingerprint density at radius 1 is 0.974 bits per heavy atom. The van der Waals surface area contributed by atoms with Crippen molar-refractivity contribution in [2.24, 2.45) is 0 Å². The number of halogens is 2. The van der Waals surface area contributed by atoms with Gasteiger partial charge >= 0.3 is 0 Å². The Kier molecular flexibility index (Phi) is 11.0. The number of pyridine rings is 1. The third-order valence-electron chi connectivity index (χ3n) is 8.30. The SMILES string of the molecule is CC(C)c1ccc2nc3ccc(C(=O)NCCN(C4CCCCC4)C4CCCCC4)cn3c(=O)c2c1.Cl.Cl. The van der Waals surface area contributed by atoms with E-state index in [-0.39, 0.29) is 36.3 Å². The van der Waals surface area contributed by atoms with Gasteiger partial charge in [-0.3, -0.25) is 18.9 Å². The van der Waals surface area contributed by atoms with Crippen molar-refractivity contribution < 1.29 is 4.79 Å². The maximum Gasteiger partial charge on any atom is 0.265 e. The van der Waals surface area contributed by atoms with Gasteiger partial charge in [0, 0.05) is 31.4 Å². The highest BCUT2D eigenvalue weighted by Gasteiger charge is 2.28. The monoisotopic (exact) mass is 560 g/mol. The van der Waals surface area contributed by atoms with Crippen LogP contribution in [-0.4, -0.2) is 45.4 Å². The van der Waals surface area contributed by atoms with Crippen LogP contribution in [0, 0.1) is 0 Å². The molecule has 2 fully saturated rings. The minimum atomic E-state index is -0.132. The van der Waals surface area contributed by atoms with E-state index in [0.717, 1.165) is 12.1 Å². The predicted octanol–water partition coefficient (Wildman–Crippen LogP) is 6.51. The van der Waals surface area contributed by atoms with Crippen LogP contribution >= 0.6 is 24.8 Å². The molecule has 0 radical (unpaired) electrons. The van der Waals surface area contributed by atoms with Crippen LogP contribution < -0.4 is 10.9 Å². The highest BCUT2D eigenvalue weighted by Crippen LogP contribution is 2.29. The number of aromatic nitrogens is 2. The lowest BCUT2D eigenvalue weighted by molar-refractivity contribution is 0.0775. The highest BCUT2D eigenvalue weighted by molar-refractivity contribution is 5.94. The molecule has 0 atom stereocenters. The number of nitrogens with one attached hydrogen (secondary N) is 1. The molecule has 6 nitrogen and oxygen atoms in total. The Hall–Kier alpha value is -2.15. The molecule has 1 amide bonds. The Morgan fingerprint density at radius 3 is 2.21 bits per heavy atom. The number of hydrogen-bond donors (Lipinski definition) is 1. The van der Waals surface area contributed by atoms with E-state index in [2.05, 4.69) is 29.0 Å². The molecule has 0 aliphatic heterocycles. The summed E-state index contributed by atoms with van der Waals surface area (Å²) in [7, 11) is 0. The number of amides is 1. The molecular formula is C30H42Cl2N4O2. The van der Waals surface area contributed by atoms with Crippen LogP contribution in [0.3, 0.4) is 0 Å². The van der Waals surface area contributed by atoms with Crippen LogP contribution in [-0.2, 0) is 0 Å². The van der Waals surface area contributed by atoms with E-state index in [1.165, 1.54) is 68.6 Å². The second-order valence-corrected chi connectivity index (χ2v) is 11.1. The van der Waals surface area contributed by atoms with Crippen LogP contribution in [0.15, 0.2) is 41.3 Å². The molecule has 3 aromatic rings. The Morgan fingerprint density at radius 2 is 1.61 bits per heavy atom. The smallest absolute Gasteiger partial charge is 0.265 e. The second-order valence-electron chi connectivity index (χ2n) is 11.1. The van der Waals surface area contributed by atoms with E-state index in [1.54, 1.807) is 18.3 Å². The molecule has 0 bridgehead atoms. The molecule has 208 valence electrons. The van der Waals surface area contributed by atoms with Crippen LogP contribution in [0.25, 0.3) is 16.6 Å². The van der Waals surface area contributed by atoms with Crippen LogP contribution in [0.4, 0.5) is 0 Å². The number of fused-ring (bicyclic) bond motifs is 2.